The van der Waals surface area contributed by atoms with Crippen molar-refractivity contribution in [2.24, 2.45) is 5.73 Å². The predicted octanol–water partition coefficient (Wildman–Crippen LogP) is -0.0399. The Morgan fingerprint density at radius 1 is 1.28 bits per heavy atom. The highest BCUT2D eigenvalue weighted by molar-refractivity contribution is 6.23. The van der Waals surface area contributed by atoms with Gasteiger partial charge in [0.1, 0.15) is 6.61 Å². The highest BCUT2D eigenvalue weighted by Crippen LogP contribution is 2.27. The van der Waals surface area contributed by atoms with Crippen molar-refractivity contribution in [3.8, 4) is 0 Å². The maximum Gasteiger partial charge on any atom is 0.404 e. The molecule has 7 nitrogen and oxygen atoms in total. The zero-order chi connectivity index (χ0) is 13.3. The molecule has 0 saturated carbocycles. The number of hydrogen-bond donors (Lipinski definition) is 2. The van der Waals surface area contributed by atoms with E-state index < -0.39 is 17.9 Å². The maximum atomic E-state index is 12.0. The summed E-state index contributed by atoms with van der Waals surface area (Å²) in [5.74, 6) is -0.934. The number of nitrogen functional groups attached to an aromatic ring is 1. The second kappa shape index (κ2) is 4.36. The first-order valence-corrected chi connectivity index (χ1v) is 5.19. The van der Waals surface area contributed by atoms with Gasteiger partial charge in [-0.1, -0.05) is 6.07 Å². The average Bonchev–Trinajstić information content (AvgIpc) is 2.55. The number of rotatable bonds is 3. The van der Waals surface area contributed by atoms with Gasteiger partial charge >= 0.3 is 6.09 Å². The van der Waals surface area contributed by atoms with Crippen LogP contribution in [0.3, 0.4) is 0 Å². The molecule has 1 heterocycles. The van der Waals surface area contributed by atoms with E-state index in [1.165, 1.54) is 6.07 Å². The minimum Gasteiger partial charge on any atom is -0.448 e. The van der Waals surface area contributed by atoms with Gasteiger partial charge in [0.25, 0.3) is 11.8 Å². The zero-order valence-corrected chi connectivity index (χ0v) is 9.38. The second-order valence-electron chi connectivity index (χ2n) is 3.70. The summed E-state index contributed by atoms with van der Waals surface area (Å²) in [6, 6.07) is 4.68. The van der Waals surface area contributed by atoms with E-state index in [1.54, 1.807) is 12.1 Å². The van der Waals surface area contributed by atoms with Gasteiger partial charge in [-0.2, -0.15) is 0 Å². The monoisotopic (exact) mass is 249 g/mol. The predicted molar refractivity (Wildman–Crippen MR) is 61.8 cm³/mol. The van der Waals surface area contributed by atoms with E-state index in [4.69, 9.17) is 11.5 Å². The van der Waals surface area contributed by atoms with Crippen LogP contribution >= 0.6 is 0 Å². The molecule has 1 aromatic carbocycles. The quantitative estimate of drug-likeness (QED) is 0.576. The normalized spacial score (nSPS) is 13.7. The summed E-state index contributed by atoms with van der Waals surface area (Å²) in [5, 5.41) is 0. The molecular formula is C11H11N3O4. The molecule has 0 spiro atoms. The number of imide groups is 1. The molecule has 0 aromatic heterocycles. The van der Waals surface area contributed by atoms with Crippen LogP contribution in [0.25, 0.3) is 0 Å². The fourth-order valence-corrected chi connectivity index (χ4v) is 1.80. The largest absolute Gasteiger partial charge is 0.448 e. The summed E-state index contributed by atoms with van der Waals surface area (Å²) >= 11 is 0. The Hall–Kier alpha value is -2.57. The van der Waals surface area contributed by atoms with E-state index in [1.807, 2.05) is 0 Å². The second-order valence-corrected chi connectivity index (χ2v) is 3.70. The van der Waals surface area contributed by atoms with Crippen LogP contribution < -0.4 is 11.5 Å². The molecule has 1 aliphatic heterocycles. The Bertz CT molecular complexity index is 541. The van der Waals surface area contributed by atoms with E-state index in [2.05, 4.69) is 4.74 Å². The minimum atomic E-state index is -0.953. The Labute approximate surface area is 102 Å². The lowest BCUT2D eigenvalue weighted by Crippen LogP contribution is -2.34. The molecule has 4 N–H and O–H groups in total. The van der Waals surface area contributed by atoms with Crippen LogP contribution in [0.4, 0.5) is 10.5 Å². The van der Waals surface area contributed by atoms with E-state index >= 15 is 0 Å². The van der Waals surface area contributed by atoms with Crippen LogP contribution in [0.15, 0.2) is 18.2 Å². The molecule has 18 heavy (non-hydrogen) atoms. The molecule has 0 saturated heterocycles. The standard InChI is InChI=1S/C11H11N3O4/c12-7-3-1-2-6-8(7)10(16)14(9(6)15)4-5-18-11(13)17/h1-3H,4-5,12H2,(H2,13,17). The summed E-state index contributed by atoms with van der Waals surface area (Å²) in [5.41, 5.74) is 11.2. The molecule has 94 valence electrons. The van der Waals surface area contributed by atoms with Crippen LogP contribution in [-0.2, 0) is 4.74 Å². The Morgan fingerprint density at radius 2 is 2.00 bits per heavy atom. The lowest BCUT2D eigenvalue weighted by Gasteiger charge is -2.12. The molecule has 0 unspecified atom stereocenters. The van der Waals surface area contributed by atoms with Crippen molar-refractivity contribution in [1.29, 1.82) is 0 Å². The van der Waals surface area contributed by atoms with Crippen LogP contribution in [0.5, 0.6) is 0 Å². The van der Waals surface area contributed by atoms with Crippen LogP contribution in [-0.4, -0.2) is 36.0 Å². The van der Waals surface area contributed by atoms with Gasteiger partial charge in [0.2, 0.25) is 0 Å². The number of anilines is 1. The molecule has 0 fully saturated rings. The molecule has 7 heteroatoms. The first-order chi connectivity index (χ1) is 8.52. The van der Waals surface area contributed by atoms with Crippen molar-refractivity contribution in [1.82, 2.24) is 4.90 Å². The molecule has 0 radical (unpaired) electrons. The third-order valence-electron chi connectivity index (χ3n) is 2.59. The first kappa shape index (κ1) is 11.9. The number of nitrogens with zero attached hydrogens (tertiary/aromatic N) is 1. The van der Waals surface area contributed by atoms with Gasteiger partial charge in [-0.15, -0.1) is 0 Å². The number of benzene rings is 1. The number of carbonyl (C=O) groups is 3. The number of primary amides is 1. The molecule has 0 atom stereocenters. The van der Waals surface area contributed by atoms with Crippen LogP contribution in [0.1, 0.15) is 20.7 Å². The average molecular weight is 249 g/mol. The van der Waals surface area contributed by atoms with E-state index in [-0.39, 0.29) is 30.0 Å². The molecule has 1 aliphatic rings. The molecule has 0 aliphatic carbocycles. The summed E-state index contributed by atoms with van der Waals surface area (Å²) < 4.78 is 4.49. The van der Waals surface area contributed by atoms with E-state index in [0.717, 1.165) is 4.90 Å². The SMILES string of the molecule is NC(=O)OCCN1C(=O)c2cccc(N)c2C1=O. The number of carbonyl (C=O) groups excluding carboxylic acids is 3. The van der Waals surface area contributed by atoms with E-state index in [0.29, 0.717) is 0 Å². The minimum absolute atomic E-state index is 0.0469. The molecular weight excluding hydrogens is 238 g/mol. The fraction of sp³-hybridized carbons (Fsp3) is 0.182. The number of fused-ring (bicyclic) bond motifs is 1. The molecule has 3 amide bonds. The van der Waals surface area contributed by atoms with Crippen molar-refractivity contribution in [3.63, 3.8) is 0 Å². The summed E-state index contributed by atoms with van der Waals surface area (Å²) in [7, 11) is 0. The zero-order valence-electron chi connectivity index (χ0n) is 9.38. The lowest BCUT2D eigenvalue weighted by atomic mass is 10.1. The van der Waals surface area contributed by atoms with Gasteiger partial charge in [-0.3, -0.25) is 14.5 Å². The molecule has 0 bridgehead atoms. The number of nitrogens with two attached hydrogens (primary N) is 2. The van der Waals surface area contributed by atoms with Crippen molar-refractivity contribution in [2.75, 3.05) is 18.9 Å². The summed E-state index contributed by atoms with van der Waals surface area (Å²) in [4.78, 5) is 35.2. The number of hydrogen-bond acceptors (Lipinski definition) is 5. The number of amides is 3. The molecule has 1 aromatic rings. The van der Waals surface area contributed by atoms with Crippen LogP contribution in [0.2, 0.25) is 0 Å². The highest BCUT2D eigenvalue weighted by Gasteiger charge is 2.36. The van der Waals surface area contributed by atoms with Gasteiger partial charge in [0.15, 0.2) is 0 Å². The van der Waals surface area contributed by atoms with Gasteiger partial charge in [-0.05, 0) is 12.1 Å². The van der Waals surface area contributed by atoms with Crippen molar-refractivity contribution in [2.45, 2.75) is 0 Å². The Kier molecular flexibility index (Phi) is 2.88. The van der Waals surface area contributed by atoms with Crippen molar-refractivity contribution >= 4 is 23.6 Å². The third-order valence-corrected chi connectivity index (χ3v) is 2.59. The summed E-state index contributed by atoms with van der Waals surface area (Å²) in [6.07, 6.45) is -0.953. The summed E-state index contributed by atoms with van der Waals surface area (Å²) in [6.45, 7) is -0.185. The van der Waals surface area contributed by atoms with Crippen LogP contribution in [0, 0.1) is 0 Å². The topological polar surface area (TPSA) is 116 Å². The molecule has 2 rings (SSSR count). The van der Waals surface area contributed by atoms with Gasteiger partial charge in [-0.25, -0.2) is 4.79 Å². The van der Waals surface area contributed by atoms with Gasteiger partial charge in [0, 0.05) is 5.69 Å². The lowest BCUT2D eigenvalue weighted by molar-refractivity contribution is 0.0609. The maximum absolute atomic E-state index is 12.0. The first-order valence-electron chi connectivity index (χ1n) is 5.19. The Balaban J connectivity index is 2.18. The fourth-order valence-electron chi connectivity index (χ4n) is 1.80. The highest BCUT2D eigenvalue weighted by atomic mass is 16.5. The third kappa shape index (κ3) is 1.86. The van der Waals surface area contributed by atoms with Gasteiger partial charge < -0.3 is 16.2 Å². The van der Waals surface area contributed by atoms with Gasteiger partial charge in [0.05, 0.1) is 17.7 Å². The smallest absolute Gasteiger partial charge is 0.404 e. The number of ether oxygens (including phenoxy) is 1. The van der Waals surface area contributed by atoms with E-state index in [9.17, 15) is 14.4 Å². The Morgan fingerprint density at radius 3 is 2.61 bits per heavy atom. The van der Waals surface area contributed by atoms with Crippen molar-refractivity contribution in [3.05, 3.63) is 29.3 Å². The van der Waals surface area contributed by atoms with Crippen molar-refractivity contribution < 1.29 is 19.1 Å².